The molecule has 6 heteroatoms. The highest BCUT2D eigenvalue weighted by Gasteiger charge is 2.25. The summed E-state index contributed by atoms with van der Waals surface area (Å²) in [5.41, 5.74) is 3.31. The van der Waals surface area contributed by atoms with Crippen LogP contribution in [0, 0.1) is 0 Å². The van der Waals surface area contributed by atoms with Crippen LogP contribution in [0.1, 0.15) is 21.5 Å². The zero-order valence-electron chi connectivity index (χ0n) is 17.4. The maximum absolute atomic E-state index is 13.2. The van der Waals surface area contributed by atoms with Gasteiger partial charge in [0.15, 0.2) is 0 Å². The molecular weight excluding hydrogens is 406 g/mol. The van der Waals surface area contributed by atoms with Crippen molar-refractivity contribution in [1.82, 2.24) is 14.8 Å². The largest absolute Gasteiger partial charge is 0.493 e. The Bertz CT molecular complexity index is 1070. The number of hydrogen-bond donors (Lipinski definition) is 0. The molecule has 0 aliphatic carbocycles. The topological polar surface area (TPSA) is 45.7 Å². The van der Waals surface area contributed by atoms with Crippen LogP contribution in [0.15, 0.2) is 76.8 Å². The first kappa shape index (κ1) is 20.1. The summed E-state index contributed by atoms with van der Waals surface area (Å²) in [6.45, 7) is 4.92. The first-order valence-electron chi connectivity index (χ1n) is 10.7. The molecule has 1 aromatic heterocycles. The number of pyridine rings is 1. The standard InChI is InChI=1S/C25H25N3O2S/c29-25(22-7-4-11-26-24(22)31-21-5-2-1-3-6-21)28-14-12-27(13-15-28)18-19-8-9-23-20(17-19)10-16-30-23/h1-9,11,17H,10,12-16,18H2. The number of carbonyl (C=O) groups is 1. The number of nitrogens with zero attached hydrogens (tertiary/aromatic N) is 3. The third-order valence-corrected chi connectivity index (χ3v) is 6.81. The van der Waals surface area contributed by atoms with Crippen LogP contribution < -0.4 is 4.74 Å². The second-order valence-electron chi connectivity index (χ2n) is 7.88. The van der Waals surface area contributed by atoms with E-state index in [-0.39, 0.29) is 5.91 Å². The van der Waals surface area contributed by atoms with Crippen molar-refractivity contribution < 1.29 is 9.53 Å². The Labute approximate surface area is 187 Å². The summed E-state index contributed by atoms with van der Waals surface area (Å²) in [6, 6.07) is 20.3. The fourth-order valence-electron chi connectivity index (χ4n) is 4.11. The van der Waals surface area contributed by atoms with Crippen molar-refractivity contribution >= 4 is 17.7 Å². The number of aromatic nitrogens is 1. The van der Waals surface area contributed by atoms with E-state index in [1.165, 1.54) is 22.9 Å². The minimum Gasteiger partial charge on any atom is -0.493 e. The van der Waals surface area contributed by atoms with E-state index in [9.17, 15) is 4.79 Å². The molecule has 1 amide bonds. The van der Waals surface area contributed by atoms with Gasteiger partial charge < -0.3 is 9.64 Å². The molecule has 0 saturated carbocycles. The van der Waals surface area contributed by atoms with E-state index in [1.807, 2.05) is 47.4 Å². The van der Waals surface area contributed by atoms with Crippen molar-refractivity contribution in [1.29, 1.82) is 0 Å². The molecule has 0 radical (unpaired) electrons. The van der Waals surface area contributed by atoms with E-state index in [2.05, 4.69) is 28.1 Å². The van der Waals surface area contributed by atoms with Gasteiger partial charge in [-0.05, 0) is 41.5 Å². The molecule has 3 aromatic rings. The highest BCUT2D eigenvalue weighted by Crippen LogP contribution is 2.29. The van der Waals surface area contributed by atoms with Gasteiger partial charge in [-0.25, -0.2) is 4.98 Å². The molecule has 2 aromatic carbocycles. The number of amides is 1. The summed E-state index contributed by atoms with van der Waals surface area (Å²) in [5, 5.41) is 0.765. The zero-order chi connectivity index (χ0) is 21.0. The maximum Gasteiger partial charge on any atom is 0.256 e. The molecule has 2 aliphatic heterocycles. The van der Waals surface area contributed by atoms with Gasteiger partial charge in [-0.2, -0.15) is 0 Å². The van der Waals surface area contributed by atoms with E-state index in [4.69, 9.17) is 4.74 Å². The molecule has 1 saturated heterocycles. The quantitative estimate of drug-likeness (QED) is 0.608. The first-order chi connectivity index (χ1) is 15.3. The van der Waals surface area contributed by atoms with Crippen LogP contribution in [-0.4, -0.2) is 53.5 Å². The van der Waals surface area contributed by atoms with Crippen molar-refractivity contribution in [2.45, 2.75) is 22.9 Å². The van der Waals surface area contributed by atoms with Crippen LogP contribution in [0.5, 0.6) is 5.75 Å². The van der Waals surface area contributed by atoms with Crippen molar-refractivity contribution in [2.24, 2.45) is 0 Å². The lowest BCUT2D eigenvalue weighted by Crippen LogP contribution is -2.48. The Morgan fingerprint density at radius 2 is 1.84 bits per heavy atom. The summed E-state index contributed by atoms with van der Waals surface area (Å²) in [6.07, 6.45) is 2.75. The number of rotatable bonds is 5. The summed E-state index contributed by atoms with van der Waals surface area (Å²) >= 11 is 1.54. The molecule has 2 aliphatic rings. The number of hydrogen-bond acceptors (Lipinski definition) is 5. The van der Waals surface area contributed by atoms with Gasteiger partial charge in [-0.3, -0.25) is 9.69 Å². The van der Waals surface area contributed by atoms with Gasteiger partial charge in [-0.15, -0.1) is 0 Å². The lowest BCUT2D eigenvalue weighted by molar-refractivity contribution is 0.0624. The molecule has 158 valence electrons. The van der Waals surface area contributed by atoms with Gasteiger partial charge in [0.1, 0.15) is 10.8 Å². The summed E-state index contributed by atoms with van der Waals surface area (Å²) in [7, 11) is 0. The third kappa shape index (κ3) is 4.60. The summed E-state index contributed by atoms with van der Waals surface area (Å²) in [4.78, 5) is 23.2. The van der Waals surface area contributed by atoms with Crippen LogP contribution >= 0.6 is 11.8 Å². The fourth-order valence-corrected chi connectivity index (χ4v) is 5.01. The fraction of sp³-hybridized carbons (Fsp3) is 0.280. The van der Waals surface area contributed by atoms with Crippen LogP contribution in [0.4, 0.5) is 0 Å². The first-order valence-corrected chi connectivity index (χ1v) is 11.5. The minimum absolute atomic E-state index is 0.0702. The number of piperazine rings is 1. The van der Waals surface area contributed by atoms with Gasteiger partial charge in [0.25, 0.3) is 5.91 Å². The molecule has 0 N–H and O–H groups in total. The van der Waals surface area contributed by atoms with Gasteiger partial charge >= 0.3 is 0 Å². The molecule has 0 unspecified atom stereocenters. The van der Waals surface area contributed by atoms with Crippen molar-refractivity contribution in [3.63, 3.8) is 0 Å². The van der Waals surface area contributed by atoms with E-state index < -0.39 is 0 Å². The Morgan fingerprint density at radius 1 is 1.00 bits per heavy atom. The number of ether oxygens (including phenoxy) is 1. The molecule has 0 atom stereocenters. The monoisotopic (exact) mass is 431 g/mol. The van der Waals surface area contributed by atoms with Crippen molar-refractivity contribution in [2.75, 3.05) is 32.8 Å². The van der Waals surface area contributed by atoms with E-state index in [1.54, 1.807) is 6.20 Å². The second-order valence-corrected chi connectivity index (χ2v) is 8.94. The highest BCUT2D eigenvalue weighted by molar-refractivity contribution is 7.99. The average molecular weight is 432 g/mol. The Hall–Kier alpha value is -2.83. The SMILES string of the molecule is O=C(c1cccnc1Sc1ccccc1)N1CCN(Cc2ccc3c(c2)CCO3)CC1. The minimum atomic E-state index is 0.0702. The van der Waals surface area contributed by atoms with Gasteiger partial charge in [-0.1, -0.05) is 42.1 Å². The molecule has 3 heterocycles. The molecular formula is C25H25N3O2S. The number of fused-ring (bicyclic) bond motifs is 1. The molecule has 5 rings (SSSR count). The predicted octanol–water partition coefficient (Wildman–Crippen LogP) is 4.13. The van der Waals surface area contributed by atoms with Gasteiger partial charge in [0.2, 0.25) is 0 Å². The maximum atomic E-state index is 13.2. The predicted molar refractivity (Wildman–Crippen MR) is 122 cm³/mol. The summed E-state index contributed by atoms with van der Waals surface area (Å²) in [5.74, 6) is 1.10. The van der Waals surface area contributed by atoms with Crippen LogP contribution in [0.2, 0.25) is 0 Å². The Balaban J connectivity index is 1.21. The van der Waals surface area contributed by atoms with Crippen molar-refractivity contribution in [3.05, 3.63) is 83.6 Å². The normalized spacial score (nSPS) is 16.1. The van der Waals surface area contributed by atoms with Crippen LogP contribution in [0.25, 0.3) is 0 Å². The molecule has 0 spiro atoms. The van der Waals surface area contributed by atoms with Gasteiger partial charge in [0.05, 0.1) is 12.2 Å². The van der Waals surface area contributed by atoms with Gasteiger partial charge in [0, 0.05) is 50.2 Å². The third-order valence-electron chi connectivity index (χ3n) is 5.78. The van der Waals surface area contributed by atoms with E-state index in [0.717, 1.165) is 61.4 Å². The summed E-state index contributed by atoms with van der Waals surface area (Å²) < 4.78 is 5.61. The van der Waals surface area contributed by atoms with E-state index in [0.29, 0.717) is 5.56 Å². The molecule has 31 heavy (non-hydrogen) atoms. The Morgan fingerprint density at radius 3 is 2.68 bits per heavy atom. The molecule has 0 bridgehead atoms. The Kier molecular flexibility index (Phi) is 5.91. The van der Waals surface area contributed by atoms with Crippen LogP contribution in [0.3, 0.4) is 0 Å². The highest BCUT2D eigenvalue weighted by atomic mass is 32.2. The average Bonchev–Trinajstić information content (AvgIpc) is 3.28. The zero-order valence-corrected chi connectivity index (χ0v) is 18.2. The molecule has 5 nitrogen and oxygen atoms in total. The van der Waals surface area contributed by atoms with Crippen molar-refractivity contribution in [3.8, 4) is 5.75 Å². The lowest BCUT2D eigenvalue weighted by Gasteiger charge is -2.35. The smallest absolute Gasteiger partial charge is 0.256 e. The second kappa shape index (κ2) is 9.12. The lowest BCUT2D eigenvalue weighted by atomic mass is 10.1. The van der Waals surface area contributed by atoms with E-state index >= 15 is 0 Å². The number of carbonyl (C=O) groups excluding carboxylic acids is 1. The van der Waals surface area contributed by atoms with Crippen LogP contribution in [-0.2, 0) is 13.0 Å². The number of benzene rings is 2. The molecule has 1 fully saturated rings.